The van der Waals surface area contributed by atoms with Crippen LogP contribution in [0.3, 0.4) is 0 Å². The normalized spacial score (nSPS) is 15.5. The first kappa shape index (κ1) is 11.9. The summed E-state index contributed by atoms with van der Waals surface area (Å²) in [6.45, 7) is 5.80. The number of hydrogen-bond acceptors (Lipinski definition) is 4. The van der Waals surface area contributed by atoms with E-state index in [0.29, 0.717) is 23.6 Å². The lowest BCUT2D eigenvalue weighted by molar-refractivity contribution is 0.109. The van der Waals surface area contributed by atoms with Crippen LogP contribution >= 0.6 is 0 Å². The van der Waals surface area contributed by atoms with E-state index in [9.17, 15) is 4.79 Å². The summed E-state index contributed by atoms with van der Waals surface area (Å²) in [5.74, 6) is 0.992. The molecule has 1 aromatic heterocycles. The molecule has 1 heterocycles. The molecule has 0 aliphatic heterocycles. The zero-order valence-electron chi connectivity index (χ0n) is 10.4. The standard InChI is InChI=1S/C13H17NO3/c1-13(2,3)17-12-7-6-11(10(8-15)14-12)16-9-4-5-9/h6-9H,4-5H2,1-3H3. The molecule has 4 heteroatoms. The van der Waals surface area contributed by atoms with Crippen LogP contribution in [0.5, 0.6) is 11.6 Å². The molecule has 1 aliphatic carbocycles. The molecular weight excluding hydrogens is 218 g/mol. The summed E-state index contributed by atoms with van der Waals surface area (Å²) in [5.41, 5.74) is -0.0231. The van der Waals surface area contributed by atoms with Crippen molar-refractivity contribution >= 4 is 6.29 Å². The van der Waals surface area contributed by atoms with Crippen LogP contribution in [0.1, 0.15) is 44.1 Å². The fourth-order valence-corrected chi connectivity index (χ4v) is 1.36. The Labute approximate surface area is 101 Å². The van der Waals surface area contributed by atoms with Crippen molar-refractivity contribution in [2.24, 2.45) is 0 Å². The molecule has 1 aromatic rings. The van der Waals surface area contributed by atoms with Gasteiger partial charge in [0.1, 0.15) is 17.0 Å². The predicted octanol–water partition coefficient (Wildman–Crippen LogP) is 2.61. The maximum atomic E-state index is 10.9. The highest BCUT2D eigenvalue weighted by Gasteiger charge is 2.25. The third-order valence-electron chi connectivity index (χ3n) is 2.20. The van der Waals surface area contributed by atoms with Crippen molar-refractivity contribution in [3.63, 3.8) is 0 Å². The minimum atomic E-state index is -0.327. The van der Waals surface area contributed by atoms with Gasteiger partial charge in [0.2, 0.25) is 5.88 Å². The topological polar surface area (TPSA) is 48.4 Å². The van der Waals surface area contributed by atoms with Gasteiger partial charge in [-0.1, -0.05) is 0 Å². The molecule has 0 aromatic carbocycles. The highest BCUT2D eigenvalue weighted by atomic mass is 16.5. The van der Waals surface area contributed by atoms with Crippen LogP contribution in [0.15, 0.2) is 12.1 Å². The fraction of sp³-hybridized carbons (Fsp3) is 0.538. The van der Waals surface area contributed by atoms with E-state index >= 15 is 0 Å². The van der Waals surface area contributed by atoms with Crippen LogP contribution in [0.2, 0.25) is 0 Å². The second kappa shape index (κ2) is 4.35. The van der Waals surface area contributed by atoms with Crippen molar-refractivity contribution in [2.75, 3.05) is 0 Å². The summed E-state index contributed by atoms with van der Waals surface area (Å²) in [6.07, 6.45) is 3.06. The molecule has 1 saturated carbocycles. The molecule has 1 aliphatic rings. The number of pyridine rings is 1. The maximum absolute atomic E-state index is 10.9. The number of aldehydes is 1. The summed E-state index contributed by atoms with van der Waals surface area (Å²) >= 11 is 0. The first-order valence-electron chi connectivity index (χ1n) is 5.80. The predicted molar refractivity (Wildman–Crippen MR) is 63.7 cm³/mol. The lowest BCUT2D eigenvalue weighted by Gasteiger charge is -2.20. The van der Waals surface area contributed by atoms with E-state index < -0.39 is 0 Å². The summed E-state index contributed by atoms with van der Waals surface area (Å²) in [6, 6.07) is 3.48. The van der Waals surface area contributed by atoms with Crippen molar-refractivity contribution in [3.05, 3.63) is 17.8 Å². The van der Waals surface area contributed by atoms with Gasteiger partial charge >= 0.3 is 0 Å². The second-order valence-electron chi connectivity index (χ2n) is 5.18. The summed E-state index contributed by atoms with van der Waals surface area (Å²) in [5, 5.41) is 0. The Hall–Kier alpha value is -1.58. The molecule has 0 atom stereocenters. The molecule has 0 unspecified atom stereocenters. The molecule has 0 spiro atoms. The maximum Gasteiger partial charge on any atom is 0.214 e. The van der Waals surface area contributed by atoms with Crippen LogP contribution < -0.4 is 9.47 Å². The average Bonchev–Trinajstić information content (AvgIpc) is 3.02. The van der Waals surface area contributed by atoms with Crippen LogP contribution in [0.4, 0.5) is 0 Å². The van der Waals surface area contributed by atoms with Gasteiger partial charge in [0, 0.05) is 6.07 Å². The largest absolute Gasteiger partial charge is 0.488 e. The minimum absolute atomic E-state index is 0.255. The van der Waals surface area contributed by atoms with E-state index in [-0.39, 0.29) is 11.7 Å². The zero-order chi connectivity index (χ0) is 12.5. The van der Waals surface area contributed by atoms with E-state index in [0.717, 1.165) is 12.8 Å². The fourth-order valence-electron chi connectivity index (χ4n) is 1.36. The van der Waals surface area contributed by atoms with Crippen LogP contribution in [-0.2, 0) is 0 Å². The molecule has 0 radical (unpaired) electrons. The highest BCUT2D eigenvalue weighted by molar-refractivity contribution is 5.76. The Morgan fingerprint density at radius 1 is 1.35 bits per heavy atom. The number of carbonyl (C=O) groups is 1. The Morgan fingerprint density at radius 2 is 2.06 bits per heavy atom. The third kappa shape index (κ3) is 3.44. The Kier molecular flexibility index (Phi) is 3.05. The van der Waals surface area contributed by atoms with Crippen LogP contribution in [0.25, 0.3) is 0 Å². The van der Waals surface area contributed by atoms with E-state index in [2.05, 4.69) is 4.98 Å². The number of ether oxygens (including phenoxy) is 2. The van der Waals surface area contributed by atoms with Gasteiger partial charge in [-0.05, 0) is 39.7 Å². The minimum Gasteiger partial charge on any atom is -0.488 e. The van der Waals surface area contributed by atoms with Crippen molar-refractivity contribution in [1.82, 2.24) is 4.98 Å². The first-order valence-corrected chi connectivity index (χ1v) is 5.80. The summed E-state index contributed by atoms with van der Waals surface area (Å²) in [7, 11) is 0. The number of carbonyl (C=O) groups excluding carboxylic acids is 1. The summed E-state index contributed by atoms with van der Waals surface area (Å²) < 4.78 is 11.2. The quantitative estimate of drug-likeness (QED) is 0.753. The molecular formula is C13H17NO3. The molecule has 0 bridgehead atoms. The van der Waals surface area contributed by atoms with Gasteiger partial charge in [0.25, 0.3) is 0 Å². The first-order chi connectivity index (χ1) is 7.98. The number of aromatic nitrogens is 1. The Bertz CT molecular complexity index is 419. The van der Waals surface area contributed by atoms with Crippen molar-refractivity contribution in [1.29, 1.82) is 0 Å². The molecule has 0 amide bonds. The molecule has 2 rings (SSSR count). The molecule has 4 nitrogen and oxygen atoms in total. The van der Waals surface area contributed by atoms with Gasteiger partial charge in [-0.25, -0.2) is 4.98 Å². The second-order valence-corrected chi connectivity index (χ2v) is 5.18. The zero-order valence-corrected chi connectivity index (χ0v) is 10.4. The van der Waals surface area contributed by atoms with Gasteiger partial charge in [-0.15, -0.1) is 0 Å². The van der Waals surface area contributed by atoms with E-state index in [4.69, 9.17) is 9.47 Å². The van der Waals surface area contributed by atoms with Crippen molar-refractivity contribution in [3.8, 4) is 11.6 Å². The summed E-state index contributed by atoms with van der Waals surface area (Å²) in [4.78, 5) is 15.1. The SMILES string of the molecule is CC(C)(C)Oc1ccc(OC2CC2)c(C=O)n1. The van der Waals surface area contributed by atoms with Crippen LogP contribution in [0, 0.1) is 0 Å². The monoisotopic (exact) mass is 235 g/mol. The Balaban J connectivity index is 2.17. The van der Waals surface area contributed by atoms with Gasteiger partial charge < -0.3 is 9.47 Å². The van der Waals surface area contributed by atoms with E-state index in [1.807, 2.05) is 20.8 Å². The third-order valence-corrected chi connectivity index (χ3v) is 2.20. The van der Waals surface area contributed by atoms with Crippen molar-refractivity contribution in [2.45, 2.75) is 45.3 Å². The number of rotatable bonds is 4. The molecule has 17 heavy (non-hydrogen) atoms. The molecule has 92 valence electrons. The average molecular weight is 235 g/mol. The molecule has 0 saturated heterocycles. The number of hydrogen-bond donors (Lipinski definition) is 0. The van der Waals surface area contributed by atoms with E-state index in [1.165, 1.54) is 0 Å². The van der Waals surface area contributed by atoms with E-state index in [1.54, 1.807) is 12.1 Å². The lowest BCUT2D eigenvalue weighted by Crippen LogP contribution is -2.23. The number of nitrogens with zero attached hydrogens (tertiary/aromatic N) is 1. The molecule has 1 fully saturated rings. The van der Waals surface area contributed by atoms with Gasteiger partial charge in [0.05, 0.1) is 6.10 Å². The lowest BCUT2D eigenvalue weighted by atomic mass is 10.2. The Morgan fingerprint density at radius 3 is 2.59 bits per heavy atom. The highest BCUT2D eigenvalue weighted by Crippen LogP contribution is 2.29. The van der Waals surface area contributed by atoms with Crippen LogP contribution in [-0.4, -0.2) is 23.0 Å². The van der Waals surface area contributed by atoms with Crippen molar-refractivity contribution < 1.29 is 14.3 Å². The van der Waals surface area contributed by atoms with Gasteiger partial charge in [-0.2, -0.15) is 0 Å². The smallest absolute Gasteiger partial charge is 0.214 e. The van der Waals surface area contributed by atoms with Gasteiger partial charge in [0.15, 0.2) is 6.29 Å². The van der Waals surface area contributed by atoms with Gasteiger partial charge in [-0.3, -0.25) is 4.79 Å². The molecule has 0 N–H and O–H groups in total.